The van der Waals surface area contributed by atoms with Crippen LogP contribution in [0, 0.1) is 0 Å². The Balaban J connectivity index is 0.00000176. The molecule has 0 radical (unpaired) electrons. The summed E-state index contributed by atoms with van der Waals surface area (Å²) in [6.07, 6.45) is 1.74. The smallest absolute Gasteiger partial charge is 0.327 e. The molecule has 1 aromatic heterocycles. The van der Waals surface area contributed by atoms with Crippen LogP contribution in [-0.2, 0) is 9.53 Å². The third kappa shape index (κ3) is 3.70. The van der Waals surface area contributed by atoms with Crippen LogP contribution < -0.4 is 0 Å². The second-order valence-corrected chi connectivity index (χ2v) is 6.28. The summed E-state index contributed by atoms with van der Waals surface area (Å²) < 4.78 is 10.9. The Morgan fingerprint density at radius 1 is 1.41 bits per heavy atom. The van der Waals surface area contributed by atoms with Gasteiger partial charge in [0.1, 0.15) is 11.6 Å². The number of ether oxygens (including phenoxy) is 1. The van der Waals surface area contributed by atoms with Gasteiger partial charge in [-0.05, 0) is 32.0 Å². The van der Waals surface area contributed by atoms with Crippen molar-refractivity contribution < 1.29 is 14.1 Å². The Labute approximate surface area is 147 Å². The summed E-state index contributed by atoms with van der Waals surface area (Å²) in [7, 11) is 2.08. The maximum Gasteiger partial charge on any atom is 0.327 e. The molecule has 1 fully saturated rings. The van der Waals surface area contributed by atoms with Gasteiger partial charge in [-0.2, -0.15) is 0 Å². The van der Waals surface area contributed by atoms with E-state index in [0.717, 1.165) is 36.8 Å². The number of hydrogen-bond donors (Lipinski definition) is 0. The molecule has 1 aliphatic heterocycles. The topological polar surface area (TPSA) is 55.6 Å². The molecule has 0 N–H and O–H groups in total. The van der Waals surface area contributed by atoms with Gasteiger partial charge in [0.05, 0.1) is 0 Å². The number of carbonyl (C=O) groups excluding carboxylic acids is 1. The number of hydrogen-bond acceptors (Lipinski definition) is 5. The minimum absolute atomic E-state index is 0. The number of carbonyl (C=O) groups is 1. The average Bonchev–Trinajstić information content (AvgIpc) is 2.92. The van der Waals surface area contributed by atoms with E-state index in [1.54, 1.807) is 0 Å². The van der Waals surface area contributed by atoms with Gasteiger partial charge in [-0.1, -0.05) is 33.2 Å². The normalized spacial score (nSPS) is 17.9. The summed E-state index contributed by atoms with van der Waals surface area (Å²) in [5.41, 5.74) is 0.740. The van der Waals surface area contributed by atoms with Gasteiger partial charge in [0.2, 0.25) is 0 Å². The third-order valence-electron chi connectivity index (χ3n) is 3.80. The second kappa shape index (κ2) is 7.57. The van der Waals surface area contributed by atoms with Gasteiger partial charge >= 0.3 is 5.97 Å². The predicted octanol–water partition coefficient (Wildman–Crippen LogP) is 3.48. The molecule has 2 aromatic rings. The molecule has 0 amide bonds. The molecular weight excluding hydrogens is 416 g/mol. The van der Waals surface area contributed by atoms with Crippen LogP contribution in [0.5, 0.6) is 0 Å². The zero-order chi connectivity index (χ0) is 14.8. The van der Waals surface area contributed by atoms with E-state index in [4.69, 9.17) is 9.26 Å². The Morgan fingerprint density at radius 2 is 2.09 bits per heavy atom. The number of fused-ring (bicyclic) bond motifs is 1. The second-order valence-electron chi connectivity index (χ2n) is 5.37. The lowest BCUT2D eigenvalue weighted by Gasteiger charge is -2.28. The fourth-order valence-corrected chi connectivity index (χ4v) is 2.96. The van der Waals surface area contributed by atoms with E-state index in [-0.39, 0.29) is 29.1 Å². The fourth-order valence-electron chi connectivity index (χ4n) is 2.53. The van der Waals surface area contributed by atoms with E-state index in [2.05, 4.69) is 33.0 Å². The Bertz CT molecular complexity index is 639. The van der Waals surface area contributed by atoms with E-state index in [1.165, 1.54) is 0 Å². The number of halogens is 2. The lowest BCUT2D eigenvalue weighted by Crippen LogP contribution is -2.35. The van der Waals surface area contributed by atoms with Crippen LogP contribution >= 0.6 is 32.9 Å². The zero-order valence-electron chi connectivity index (χ0n) is 12.2. The minimum atomic E-state index is -0.621. The molecule has 22 heavy (non-hydrogen) atoms. The van der Waals surface area contributed by atoms with Gasteiger partial charge in [-0.3, -0.25) is 4.79 Å². The van der Waals surface area contributed by atoms with Crippen molar-refractivity contribution in [1.29, 1.82) is 0 Å². The molecule has 5 nitrogen and oxygen atoms in total. The summed E-state index contributed by atoms with van der Waals surface area (Å²) >= 11 is 3.37. The molecule has 1 aromatic carbocycles. The number of piperidine rings is 1. The van der Waals surface area contributed by atoms with Crippen molar-refractivity contribution in [3.63, 3.8) is 0 Å². The maximum atomic E-state index is 12.3. The first-order valence-electron chi connectivity index (χ1n) is 7.02. The fraction of sp³-hybridized carbons (Fsp3) is 0.467. The van der Waals surface area contributed by atoms with Gasteiger partial charge in [-0.15, -0.1) is 17.0 Å². The molecule has 1 atom stereocenters. The highest BCUT2D eigenvalue weighted by atomic mass is 79.9. The third-order valence-corrected chi connectivity index (χ3v) is 4.59. The Hall–Kier alpha value is -0.920. The number of benzene rings is 1. The van der Waals surface area contributed by atoms with Crippen LogP contribution in [0.1, 0.15) is 23.4 Å². The van der Waals surface area contributed by atoms with Crippen molar-refractivity contribution in [1.82, 2.24) is 10.1 Å². The van der Waals surface area contributed by atoms with Gasteiger partial charge in [0.15, 0.2) is 10.6 Å². The maximum absolute atomic E-state index is 12.3. The highest BCUT2D eigenvalue weighted by molar-refractivity contribution is 9.09. The predicted molar refractivity (Wildman–Crippen MR) is 92.6 cm³/mol. The monoisotopic (exact) mass is 432 g/mol. The summed E-state index contributed by atoms with van der Waals surface area (Å²) in [5, 5.41) is 4.79. The van der Waals surface area contributed by atoms with E-state index in [1.807, 2.05) is 24.3 Å². The molecule has 7 heteroatoms. The van der Waals surface area contributed by atoms with Gasteiger partial charge in [0, 0.05) is 18.5 Å². The number of rotatable bonds is 3. The van der Waals surface area contributed by atoms with Crippen LogP contribution in [0.4, 0.5) is 0 Å². The molecule has 1 unspecified atom stereocenters. The van der Waals surface area contributed by atoms with Gasteiger partial charge in [-0.25, -0.2) is 0 Å². The molecule has 0 saturated carbocycles. The molecule has 0 spiro atoms. The quantitative estimate of drug-likeness (QED) is 0.547. The van der Waals surface area contributed by atoms with E-state index >= 15 is 0 Å². The highest BCUT2D eigenvalue weighted by Gasteiger charge is 2.29. The van der Waals surface area contributed by atoms with Crippen LogP contribution in [0.3, 0.4) is 0 Å². The molecular formula is C15H18Br2N2O3. The summed E-state index contributed by atoms with van der Waals surface area (Å²) in [6, 6.07) is 7.52. The van der Waals surface area contributed by atoms with Crippen molar-refractivity contribution in [2.45, 2.75) is 23.8 Å². The Morgan fingerprint density at radius 3 is 2.82 bits per heavy atom. The molecule has 120 valence electrons. The number of alkyl halides is 1. The molecule has 2 heterocycles. The largest absolute Gasteiger partial charge is 0.461 e. The van der Waals surface area contributed by atoms with E-state index < -0.39 is 4.83 Å². The lowest BCUT2D eigenvalue weighted by molar-refractivity contribution is -0.150. The molecule has 3 rings (SSSR count). The molecule has 0 aliphatic carbocycles. The first-order valence-corrected chi connectivity index (χ1v) is 7.94. The highest BCUT2D eigenvalue weighted by Crippen LogP contribution is 2.31. The van der Waals surface area contributed by atoms with Crippen molar-refractivity contribution in [2.24, 2.45) is 0 Å². The number of aromatic nitrogens is 1. The summed E-state index contributed by atoms with van der Waals surface area (Å²) in [4.78, 5) is 13.9. The van der Waals surface area contributed by atoms with Crippen LogP contribution in [0.25, 0.3) is 10.9 Å². The number of likely N-dealkylation sites (tertiary alicyclic amines) is 1. The SMILES string of the molecule is Br.CN1CCC(OC(=O)C(Br)c2onc3ccccc23)CC1. The molecule has 1 saturated heterocycles. The van der Waals surface area contributed by atoms with Crippen molar-refractivity contribution in [3.05, 3.63) is 30.0 Å². The van der Waals surface area contributed by atoms with E-state index in [9.17, 15) is 4.79 Å². The van der Waals surface area contributed by atoms with Crippen molar-refractivity contribution >= 4 is 49.8 Å². The summed E-state index contributed by atoms with van der Waals surface area (Å²) in [6.45, 7) is 1.91. The first-order chi connectivity index (χ1) is 10.1. The number of nitrogens with zero attached hydrogens (tertiary/aromatic N) is 2. The van der Waals surface area contributed by atoms with E-state index in [0.29, 0.717) is 5.76 Å². The van der Waals surface area contributed by atoms with Crippen LogP contribution in [0.15, 0.2) is 28.8 Å². The first kappa shape index (κ1) is 17.4. The minimum Gasteiger partial charge on any atom is -0.461 e. The number of esters is 1. The zero-order valence-corrected chi connectivity index (χ0v) is 15.5. The van der Waals surface area contributed by atoms with Crippen LogP contribution in [-0.4, -0.2) is 42.3 Å². The average molecular weight is 434 g/mol. The Kier molecular flexibility index (Phi) is 6.00. The van der Waals surface area contributed by atoms with Gasteiger partial charge in [0.25, 0.3) is 0 Å². The van der Waals surface area contributed by atoms with Crippen molar-refractivity contribution in [3.8, 4) is 0 Å². The van der Waals surface area contributed by atoms with Gasteiger partial charge < -0.3 is 14.2 Å². The molecule has 1 aliphatic rings. The standard InChI is InChI=1S/C15H17BrN2O3.BrH/c1-18-8-6-10(7-9-18)20-15(19)13(16)14-11-4-2-3-5-12(11)17-21-14;/h2-5,10,13H,6-9H2,1H3;1H. The van der Waals surface area contributed by atoms with Crippen LogP contribution in [0.2, 0.25) is 0 Å². The molecule has 0 bridgehead atoms. The lowest BCUT2D eigenvalue weighted by atomic mass is 10.1. The van der Waals surface area contributed by atoms with Crippen molar-refractivity contribution in [2.75, 3.05) is 20.1 Å². The summed E-state index contributed by atoms with van der Waals surface area (Å²) in [5.74, 6) is 0.190.